The molecule has 0 bridgehead atoms. The van der Waals surface area contributed by atoms with E-state index in [2.05, 4.69) is 15.9 Å². The van der Waals surface area contributed by atoms with Crippen LogP contribution in [0, 0.1) is 11.8 Å². The fourth-order valence-corrected chi connectivity index (χ4v) is 5.99. The van der Waals surface area contributed by atoms with Crippen molar-refractivity contribution in [3.8, 4) is 11.5 Å². The van der Waals surface area contributed by atoms with E-state index in [1.165, 1.54) is 38.6 Å². The smallest absolute Gasteiger partial charge is 0.231 e. The standard InChI is InChI=1S/C26H38N2O4/c29-22(18-26(30)10-2-11-26)17-21-7-5-20(6-8-21)9-12-27-13-15-28(16-14-27)23-3-1-4-24-25(23)32-19-31-24/h1,3-4,20-21,30H,2,5-19H2. The number of nitrogens with zero attached hydrogens (tertiary/aromatic N) is 2. The molecular formula is C26H38N2O4. The zero-order chi connectivity index (χ0) is 22.0. The first kappa shape index (κ1) is 22.0. The Morgan fingerprint density at radius 3 is 2.50 bits per heavy atom. The van der Waals surface area contributed by atoms with Crippen molar-refractivity contribution in [2.24, 2.45) is 11.8 Å². The molecule has 0 amide bonds. The quantitative estimate of drug-likeness (QED) is 0.657. The SMILES string of the molecule is O=C(CC1CCC(CCN2CCN(c3cccc4c3OCO4)CC2)CC1)CC1(O)CCC1. The highest BCUT2D eigenvalue weighted by molar-refractivity contribution is 5.79. The monoisotopic (exact) mass is 442 g/mol. The highest BCUT2D eigenvalue weighted by Crippen LogP contribution is 2.41. The maximum Gasteiger partial charge on any atom is 0.231 e. The van der Waals surface area contributed by atoms with Crippen molar-refractivity contribution >= 4 is 11.5 Å². The molecule has 1 aromatic carbocycles. The summed E-state index contributed by atoms with van der Waals surface area (Å²) in [7, 11) is 0. The Morgan fingerprint density at radius 2 is 1.78 bits per heavy atom. The van der Waals surface area contributed by atoms with Crippen molar-refractivity contribution in [1.29, 1.82) is 0 Å². The number of aliphatic hydroxyl groups is 1. The molecule has 0 unspecified atom stereocenters. The molecule has 0 aromatic heterocycles. The Bertz CT molecular complexity index is 793. The van der Waals surface area contributed by atoms with Crippen LogP contribution in [0.1, 0.15) is 64.2 Å². The van der Waals surface area contributed by atoms with Crippen molar-refractivity contribution < 1.29 is 19.4 Å². The van der Waals surface area contributed by atoms with E-state index >= 15 is 0 Å². The van der Waals surface area contributed by atoms with Crippen LogP contribution in [0.25, 0.3) is 0 Å². The lowest BCUT2D eigenvalue weighted by Crippen LogP contribution is -2.47. The van der Waals surface area contributed by atoms with E-state index < -0.39 is 5.60 Å². The van der Waals surface area contributed by atoms with Crippen LogP contribution in [0.15, 0.2) is 18.2 Å². The van der Waals surface area contributed by atoms with Gasteiger partial charge in [-0.2, -0.15) is 0 Å². The predicted octanol–water partition coefficient (Wildman–Crippen LogP) is 4.00. The fraction of sp³-hybridized carbons (Fsp3) is 0.731. The molecule has 3 fully saturated rings. The summed E-state index contributed by atoms with van der Waals surface area (Å²) in [6.07, 6.45) is 9.95. The Morgan fingerprint density at radius 1 is 1.03 bits per heavy atom. The third-order valence-electron chi connectivity index (χ3n) is 8.24. The minimum atomic E-state index is -0.653. The van der Waals surface area contributed by atoms with Gasteiger partial charge in [0.15, 0.2) is 11.5 Å². The van der Waals surface area contributed by atoms with E-state index in [4.69, 9.17) is 9.47 Å². The number of para-hydroxylation sites is 1. The molecule has 1 saturated heterocycles. The molecule has 176 valence electrons. The number of hydrogen-bond donors (Lipinski definition) is 1. The first-order valence-corrected chi connectivity index (χ1v) is 12.7. The normalized spacial score (nSPS) is 27.2. The number of ketones is 1. The number of anilines is 1. The number of ether oxygens (including phenoxy) is 2. The van der Waals surface area contributed by atoms with Crippen LogP contribution in [0.4, 0.5) is 5.69 Å². The lowest BCUT2D eigenvalue weighted by molar-refractivity contribution is -0.129. The van der Waals surface area contributed by atoms with Gasteiger partial charge < -0.3 is 19.5 Å². The summed E-state index contributed by atoms with van der Waals surface area (Å²) in [5, 5.41) is 10.2. The van der Waals surface area contributed by atoms with E-state index in [9.17, 15) is 9.90 Å². The molecule has 2 saturated carbocycles. The molecule has 6 nitrogen and oxygen atoms in total. The summed E-state index contributed by atoms with van der Waals surface area (Å²) in [6, 6.07) is 6.16. The molecule has 1 aromatic rings. The lowest BCUT2D eigenvalue weighted by Gasteiger charge is -2.38. The second kappa shape index (κ2) is 9.60. The van der Waals surface area contributed by atoms with Crippen molar-refractivity contribution in [3.05, 3.63) is 18.2 Å². The number of rotatable bonds is 8. The van der Waals surface area contributed by atoms with Gasteiger partial charge in [-0.15, -0.1) is 0 Å². The average molecular weight is 443 g/mol. The molecular weight excluding hydrogens is 404 g/mol. The summed E-state index contributed by atoms with van der Waals surface area (Å²) in [5.74, 6) is 3.40. The lowest BCUT2D eigenvalue weighted by atomic mass is 9.74. The molecule has 0 spiro atoms. The van der Waals surface area contributed by atoms with Gasteiger partial charge in [-0.1, -0.05) is 18.9 Å². The van der Waals surface area contributed by atoms with E-state index in [0.29, 0.717) is 25.6 Å². The van der Waals surface area contributed by atoms with E-state index in [1.807, 2.05) is 12.1 Å². The number of carbonyl (C=O) groups excluding carboxylic acids is 1. The highest BCUT2D eigenvalue weighted by Gasteiger charge is 2.37. The molecule has 2 aliphatic heterocycles. The molecule has 2 aliphatic carbocycles. The van der Waals surface area contributed by atoms with Crippen LogP contribution in [0.3, 0.4) is 0 Å². The second-order valence-corrected chi connectivity index (χ2v) is 10.5. The van der Waals surface area contributed by atoms with E-state index in [1.54, 1.807) is 0 Å². The number of fused-ring (bicyclic) bond motifs is 1. The van der Waals surface area contributed by atoms with Gasteiger partial charge in [-0.25, -0.2) is 0 Å². The summed E-state index contributed by atoms with van der Waals surface area (Å²) in [6.45, 7) is 5.75. The average Bonchev–Trinajstić information content (AvgIpc) is 3.27. The largest absolute Gasteiger partial charge is 0.454 e. The van der Waals surface area contributed by atoms with Gasteiger partial charge in [0.05, 0.1) is 11.3 Å². The van der Waals surface area contributed by atoms with Crippen molar-refractivity contribution in [2.45, 2.75) is 69.8 Å². The van der Waals surface area contributed by atoms with Crippen LogP contribution in [-0.4, -0.2) is 60.9 Å². The third-order valence-corrected chi connectivity index (χ3v) is 8.24. The zero-order valence-electron chi connectivity index (χ0n) is 19.3. The van der Waals surface area contributed by atoms with Crippen LogP contribution in [-0.2, 0) is 4.79 Å². The first-order valence-electron chi connectivity index (χ1n) is 12.7. The molecule has 6 heteroatoms. The zero-order valence-corrected chi connectivity index (χ0v) is 19.3. The number of benzene rings is 1. The maximum absolute atomic E-state index is 12.3. The molecule has 5 rings (SSSR count). The number of hydrogen-bond acceptors (Lipinski definition) is 6. The highest BCUT2D eigenvalue weighted by atomic mass is 16.7. The maximum atomic E-state index is 12.3. The van der Waals surface area contributed by atoms with Crippen molar-refractivity contribution in [3.63, 3.8) is 0 Å². The van der Waals surface area contributed by atoms with Crippen LogP contribution in [0.2, 0.25) is 0 Å². The Balaban J connectivity index is 0.995. The Kier molecular flexibility index (Phi) is 6.61. The van der Waals surface area contributed by atoms with Gasteiger partial charge in [-0.3, -0.25) is 9.69 Å². The molecule has 1 N–H and O–H groups in total. The molecule has 0 atom stereocenters. The number of piperazine rings is 1. The fourth-order valence-electron chi connectivity index (χ4n) is 5.99. The third kappa shape index (κ3) is 5.07. The van der Waals surface area contributed by atoms with Gasteiger partial charge in [0.25, 0.3) is 0 Å². The van der Waals surface area contributed by atoms with Gasteiger partial charge >= 0.3 is 0 Å². The Labute approximate surface area is 191 Å². The van der Waals surface area contributed by atoms with Crippen molar-refractivity contribution in [1.82, 2.24) is 4.90 Å². The van der Waals surface area contributed by atoms with Crippen LogP contribution < -0.4 is 14.4 Å². The van der Waals surface area contributed by atoms with Crippen molar-refractivity contribution in [2.75, 3.05) is 44.4 Å². The summed E-state index contributed by atoms with van der Waals surface area (Å²) < 4.78 is 11.2. The van der Waals surface area contributed by atoms with E-state index in [-0.39, 0.29) is 5.78 Å². The van der Waals surface area contributed by atoms with Gasteiger partial charge in [-0.05, 0) is 69.0 Å². The van der Waals surface area contributed by atoms with Crippen LogP contribution >= 0.6 is 0 Å². The molecule has 32 heavy (non-hydrogen) atoms. The molecule has 2 heterocycles. The molecule has 4 aliphatic rings. The predicted molar refractivity (Wildman–Crippen MR) is 124 cm³/mol. The van der Waals surface area contributed by atoms with Gasteiger partial charge in [0.1, 0.15) is 5.78 Å². The number of Topliss-reactive ketones (excluding diaryl/α,β-unsaturated/α-hetero) is 1. The second-order valence-electron chi connectivity index (χ2n) is 10.5. The summed E-state index contributed by atoms with van der Waals surface area (Å²) >= 11 is 0. The summed E-state index contributed by atoms with van der Waals surface area (Å²) in [5.41, 5.74) is 0.511. The summed E-state index contributed by atoms with van der Waals surface area (Å²) in [4.78, 5) is 17.4. The molecule has 0 radical (unpaired) electrons. The van der Waals surface area contributed by atoms with Crippen LogP contribution in [0.5, 0.6) is 11.5 Å². The van der Waals surface area contributed by atoms with Gasteiger partial charge in [0.2, 0.25) is 6.79 Å². The Hall–Kier alpha value is -1.79. The topological polar surface area (TPSA) is 62.2 Å². The van der Waals surface area contributed by atoms with Gasteiger partial charge in [0, 0.05) is 39.0 Å². The minimum Gasteiger partial charge on any atom is -0.454 e. The number of carbonyl (C=O) groups is 1. The first-order chi connectivity index (χ1) is 15.6. The minimum absolute atomic E-state index is 0.287. The van der Waals surface area contributed by atoms with E-state index in [0.717, 1.165) is 68.5 Å².